The minimum atomic E-state index is -0.143. The number of hydrogen-bond acceptors (Lipinski definition) is 2. The molecule has 1 fully saturated rings. The molecule has 2 heteroatoms. The Bertz CT molecular complexity index is 136. The molecule has 0 amide bonds. The average molecular weight is 185 g/mol. The maximum atomic E-state index is 9.21. The standard InChI is InChI=1S/C11H23NO/c1-10-6-4-3-5-8-12(10)9-7-11(2)13/h10-11,13H,3-9H2,1-2H3. The Balaban J connectivity index is 2.27. The van der Waals surface area contributed by atoms with E-state index in [9.17, 15) is 5.11 Å². The first kappa shape index (κ1) is 11.0. The highest BCUT2D eigenvalue weighted by atomic mass is 16.3. The van der Waals surface area contributed by atoms with Gasteiger partial charge in [-0.05, 0) is 39.7 Å². The van der Waals surface area contributed by atoms with Gasteiger partial charge in [0.25, 0.3) is 0 Å². The zero-order chi connectivity index (χ0) is 9.68. The zero-order valence-electron chi connectivity index (χ0n) is 9.00. The van der Waals surface area contributed by atoms with Gasteiger partial charge in [-0.25, -0.2) is 0 Å². The molecule has 1 N–H and O–H groups in total. The monoisotopic (exact) mass is 185 g/mol. The number of nitrogens with zero attached hydrogens (tertiary/aromatic N) is 1. The SMILES string of the molecule is CC(O)CCN1CCCCCC1C. The van der Waals surface area contributed by atoms with Gasteiger partial charge >= 0.3 is 0 Å². The molecule has 1 aliphatic rings. The molecule has 0 bridgehead atoms. The third-order valence-corrected chi connectivity index (χ3v) is 3.02. The van der Waals surface area contributed by atoms with E-state index >= 15 is 0 Å². The Hall–Kier alpha value is -0.0800. The molecule has 2 nitrogen and oxygen atoms in total. The summed E-state index contributed by atoms with van der Waals surface area (Å²) in [5, 5.41) is 9.21. The third-order valence-electron chi connectivity index (χ3n) is 3.02. The normalized spacial score (nSPS) is 28.4. The number of likely N-dealkylation sites (tertiary alicyclic amines) is 1. The van der Waals surface area contributed by atoms with Gasteiger partial charge in [0, 0.05) is 12.6 Å². The topological polar surface area (TPSA) is 23.5 Å². The molecule has 2 unspecified atom stereocenters. The summed E-state index contributed by atoms with van der Waals surface area (Å²) in [5.41, 5.74) is 0. The Morgan fingerprint density at radius 2 is 2.15 bits per heavy atom. The molecule has 78 valence electrons. The molecule has 1 aliphatic heterocycles. The summed E-state index contributed by atoms with van der Waals surface area (Å²) < 4.78 is 0. The molecule has 0 aliphatic carbocycles. The Morgan fingerprint density at radius 3 is 2.85 bits per heavy atom. The lowest BCUT2D eigenvalue weighted by atomic mass is 10.1. The van der Waals surface area contributed by atoms with Gasteiger partial charge in [-0.1, -0.05) is 12.8 Å². The van der Waals surface area contributed by atoms with Crippen molar-refractivity contribution in [3.05, 3.63) is 0 Å². The van der Waals surface area contributed by atoms with Gasteiger partial charge in [-0.2, -0.15) is 0 Å². The third kappa shape index (κ3) is 4.10. The van der Waals surface area contributed by atoms with Crippen LogP contribution in [0.4, 0.5) is 0 Å². The molecule has 1 heterocycles. The fourth-order valence-corrected chi connectivity index (χ4v) is 2.02. The molecule has 0 aromatic rings. The summed E-state index contributed by atoms with van der Waals surface area (Å²) in [4.78, 5) is 2.53. The highest BCUT2D eigenvalue weighted by Gasteiger charge is 2.16. The molecule has 0 aromatic carbocycles. The van der Waals surface area contributed by atoms with Gasteiger partial charge < -0.3 is 10.0 Å². The van der Waals surface area contributed by atoms with Crippen LogP contribution in [0.2, 0.25) is 0 Å². The molecule has 1 saturated heterocycles. The van der Waals surface area contributed by atoms with Crippen molar-refractivity contribution in [2.45, 2.75) is 58.1 Å². The summed E-state index contributed by atoms with van der Waals surface area (Å²) in [7, 11) is 0. The molecule has 0 aromatic heterocycles. The van der Waals surface area contributed by atoms with Crippen molar-refractivity contribution in [3.8, 4) is 0 Å². The number of aliphatic hydroxyl groups is 1. The maximum absolute atomic E-state index is 9.21. The lowest BCUT2D eigenvalue weighted by Gasteiger charge is -2.27. The van der Waals surface area contributed by atoms with Crippen LogP contribution in [0.25, 0.3) is 0 Å². The van der Waals surface area contributed by atoms with Crippen LogP contribution in [-0.4, -0.2) is 35.2 Å². The van der Waals surface area contributed by atoms with E-state index in [1.807, 2.05) is 6.92 Å². The van der Waals surface area contributed by atoms with E-state index in [0.29, 0.717) is 0 Å². The predicted octanol–water partition coefficient (Wildman–Crippen LogP) is 2.02. The van der Waals surface area contributed by atoms with Crippen LogP contribution in [0.15, 0.2) is 0 Å². The van der Waals surface area contributed by atoms with E-state index in [4.69, 9.17) is 0 Å². The molecule has 2 atom stereocenters. The first-order valence-electron chi connectivity index (χ1n) is 5.62. The molecular formula is C11H23NO. The fourth-order valence-electron chi connectivity index (χ4n) is 2.02. The van der Waals surface area contributed by atoms with Crippen LogP contribution >= 0.6 is 0 Å². The molecule has 0 saturated carbocycles. The lowest BCUT2D eigenvalue weighted by Crippen LogP contribution is -2.34. The van der Waals surface area contributed by atoms with Gasteiger partial charge in [0.15, 0.2) is 0 Å². The highest BCUT2D eigenvalue weighted by molar-refractivity contribution is 4.71. The fraction of sp³-hybridized carbons (Fsp3) is 1.00. The number of rotatable bonds is 3. The first-order valence-corrected chi connectivity index (χ1v) is 5.62. The molecule has 0 radical (unpaired) electrons. The van der Waals surface area contributed by atoms with Crippen molar-refractivity contribution in [1.29, 1.82) is 0 Å². The van der Waals surface area contributed by atoms with Gasteiger partial charge in [0.05, 0.1) is 6.10 Å². The number of aliphatic hydroxyl groups excluding tert-OH is 1. The van der Waals surface area contributed by atoms with Crippen LogP contribution < -0.4 is 0 Å². The molecule has 1 rings (SSSR count). The van der Waals surface area contributed by atoms with E-state index < -0.39 is 0 Å². The first-order chi connectivity index (χ1) is 6.20. The van der Waals surface area contributed by atoms with Gasteiger partial charge in [-0.15, -0.1) is 0 Å². The summed E-state index contributed by atoms with van der Waals surface area (Å²) in [6, 6.07) is 0.723. The summed E-state index contributed by atoms with van der Waals surface area (Å²) >= 11 is 0. The average Bonchev–Trinajstić information content (AvgIpc) is 2.27. The predicted molar refractivity (Wildman–Crippen MR) is 55.8 cm³/mol. The van der Waals surface area contributed by atoms with Gasteiger partial charge in [-0.3, -0.25) is 0 Å². The minimum Gasteiger partial charge on any atom is -0.393 e. The van der Waals surface area contributed by atoms with Crippen LogP contribution in [0.5, 0.6) is 0 Å². The second kappa shape index (κ2) is 5.61. The lowest BCUT2D eigenvalue weighted by molar-refractivity contribution is 0.140. The largest absolute Gasteiger partial charge is 0.393 e. The Labute approximate surface area is 81.9 Å². The molecular weight excluding hydrogens is 162 g/mol. The number of hydrogen-bond donors (Lipinski definition) is 1. The Kier molecular flexibility index (Phi) is 4.74. The van der Waals surface area contributed by atoms with Crippen molar-refractivity contribution in [2.75, 3.05) is 13.1 Å². The Morgan fingerprint density at radius 1 is 1.38 bits per heavy atom. The van der Waals surface area contributed by atoms with E-state index in [-0.39, 0.29) is 6.10 Å². The minimum absolute atomic E-state index is 0.143. The van der Waals surface area contributed by atoms with Crippen molar-refractivity contribution in [3.63, 3.8) is 0 Å². The highest BCUT2D eigenvalue weighted by Crippen LogP contribution is 2.16. The van der Waals surface area contributed by atoms with Gasteiger partial charge in [0.1, 0.15) is 0 Å². The summed E-state index contributed by atoms with van der Waals surface area (Å²) in [6.07, 6.45) is 6.21. The van der Waals surface area contributed by atoms with E-state index in [2.05, 4.69) is 11.8 Å². The molecule has 13 heavy (non-hydrogen) atoms. The summed E-state index contributed by atoms with van der Waals surface area (Å²) in [6.45, 7) is 6.49. The van der Waals surface area contributed by atoms with E-state index in [1.165, 1.54) is 32.2 Å². The second-order valence-electron chi connectivity index (χ2n) is 4.37. The quantitative estimate of drug-likeness (QED) is 0.727. The van der Waals surface area contributed by atoms with Crippen LogP contribution in [0.3, 0.4) is 0 Å². The maximum Gasteiger partial charge on any atom is 0.0524 e. The van der Waals surface area contributed by atoms with E-state index in [0.717, 1.165) is 19.0 Å². The smallest absolute Gasteiger partial charge is 0.0524 e. The van der Waals surface area contributed by atoms with Gasteiger partial charge in [0.2, 0.25) is 0 Å². The van der Waals surface area contributed by atoms with Crippen LogP contribution in [0, 0.1) is 0 Å². The van der Waals surface area contributed by atoms with Crippen LogP contribution in [0.1, 0.15) is 46.0 Å². The summed E-state index contributed by atoms with van der Waals surface area (Å²) in [5.74, 6) is 0. The second-order valence-corrected chi connectivity index (χ2v) is 4.37. The van der Waals surface area contributed by atoms with Crippen molar-refractivity contribution >= 4 is 0 Å². The van der Waals surface area contributed by atoms with Crippen molar-refractivity contribution in [2.24, 2.45) is 0 Å². The van der Waals surface area contributed by atoms with E-state index in [1.54, 1.807) is 0 Å². The van der Waals surface area contributed by atoms with Crippen LogP contribution in [-0.2, 0) is 0 Å². The zero-order valence-corrected chi connectivity index (χ0v) is 9.00. The molecule has 0 spiro atoms. The van der Waals surface area contributed by atoms with Crippen molar-refractivity contribution in [1.82, 2.24) is 4.90 Å². The van der Waals surface area contributed by atoms with Crippen molar-refractivity contribution < 1.29 is 5.11 Å².